The van der Waals surface area contributed by atoms with E-state index >= 15 is 0 Å². The molecule has 1 amide bonds. The topological polar surface area (TPSA) is 95.0 Å². The summed E-state index contributed by atoms with van der Waals surface area (Å²) in [5.74, 6) is -0.843. The van der Waals surface area contributed by atoms with Crippen molar-refractivity contribution in [2.24, 2.45) is 5.92 Å². The minimum absolute atomic E-state index is 0.166. The second kappa shape index (κ2) is 7.36. The lowest BCUT2D eigenvalue weighted by molar-refractivity contribution is -0.141. The van der Waals surface area contributed by atoms with E-state index in [2.05, 4.69) is 6.92 Å². The molecular formula is C18H24N2O5S. The Labute approximate surface area is 153 Å². The van der Waals surface area contributed by atoms with Crippen LogP contribution in [0, 0.1) is 5.92 Å². The fourth-order valence-electron chi connectivity index (χ4n) is 3.58. The van der Waals surface area contributed by atoms with E-state index < -0.39 is 22.0 Å². The molecule has 8 heteroatoms. The summed E-state index contributed by atoms with van der Waals surface area (Å²) in [5.41, 5.74) is 0.310. The van der Waals surface area contributed by atoms with E-state index in [-0.39, 0.29) is 10.8 Å². The summed E-state index contributed by atoms with van der Waals surface area (Å²) in [6, 6.07) is 5.01. The number of carbonyl (C=O) groups is 2. The number of hydrogen-bond donors (Lipinski definition) is 1. The molecule has 2 saturated heterocycles. The molecule has 7 nitrogen and oxygen atoms in total. The first-order chi connectivity index (χ1) is 12.3. The zero-order chi connectivity index (χ0) is 18.9. The molecule has 1 atom stereocenters. The fourth-order valence-corrected chi connectivity index (χ4v) is 5.05. The van der Waals surface area contributed by atoms with Crippen LogP contribution in [-0.4, -0.2) is 60.3 Å². The van der Waals surface area contributed by atoms with Gasteiger partial charge in [-0.25, -0.2) is 13.2 Å². The highest BCUT2D eigenvalue weighted by atomic mass is 32.2. The van der Waals surface area contributed by atoms with Crippen LogP contribution in [0.1, 0.15) is 43.0 Å². The zero-order valence-electron chi connectivity index (χ0n) is 14.8. The lowest BCUT2D eigenvalue weighted by Crippen LogP contribution is -2.40. The quantitative estimate of drug-likeness (QED) is 0.859. The minimum atomic E-state index is -3.56. The molecule has 1 N–H and O–H groups in total. The van der Waals surface area contributed by atoms with Gasteiger partial charge < -0.3 is 10.0 Å². The Balaban J connectivity index is 1.76. The lowest BCUT2D eigenvalue weighted by Gasteiger charge is -2.29. The molecule has 0 bridgehead atoms. The Morgan fingerprint density at radius 3 is 2.23 bits per heavy atom. The van der Waals surface area contributed by atoms with Gasteiger partial charge in [0.15, 0.2) is 0 Å². The molecular weight excluding hydrogens is 356 g/mol. The minimum Gasteiger partial charge on any atom is -0.480 e. The molecule has 2 aliphatic rings. The van der Waals surface area contributed by atoms with Crippen molar-refractivity contribution < 1.29 is 23.1 Å². The molecule has 142 valence electrons. The first-order valence-corrected chi connectivity index (χ1v) is 10.4. The second-order valence-electron chi connectivity index (χ2n) is 7.11. The van der Waals surface area contributed by atoms with Gasteiger partial charge in [-0.05, 0) is 55.9 Å². The molecule has 0 saturated carbocycles. The maximum Gasteiger partial charge on any atom is 0.326 e. The third-order valence-corrected chi connectivity index (χ3v) is 7.19. The molecule has 2 heterocycles. The highest BCUT2D eigenvalue weighted by molar-refractivity contribution is 7.89. The van der Waals surface area contributed by atoms with Crippen molar-refractivity contribution in [1.29, 1.82) is 0 Å². The van der Waals surface area contributed by atoms with Gasteiger partial charge in [-0.2, -0.15) is 4.31 Å². The van der Waals surface area contributed by atoms with Gasteiger partial charge in [-0.15, -0.1) is 0 Å². The van der Waals surface area contributed by atoms with Gasteiger partial charge in [0.25, 0.3) is 5.91 Å². The largest absolute Gasteiger partial charge is 0.480 e. The Morgan fingerprint density at radius 1 is 1.04 bits per heavy atom. The standard InChI is InChI=1S/C18H24N2O5S/c1-13-8-11-19(12-9-13)26(24,25)15-6-4-14(5-7-15)17(21)20-10-2-3-16(20)18(22)23/h4-7,13,16H,2-3,8-12H2,1H3,(H,22,23)/t16-/m1/s1. The Kier molecular flexibility index (Phi) is 5.34. The van der Waals surface area contributed by atoms with Crippen LogP contribution in [0.15, 0.2) is 29.2 Å². The molecule has 2 fully saturated rings. The molecule has 0 aromatic heterocycles. The van der Waals surface area contributed by atoms with Crippen LogP contribution in [0.4, 0.5) is 0 Å². The molecule has 1 aromatic rings. The molecule has 2 aliphatic heterocycles. The number of nitrogens with zero attached hydrogens (tertiary/aromatic N) is 2. The van der Waals surface area contributed by atoms with Gasteiger partial charge in [0, 0.05) is 25.2 Å². The number of rotatable bonds is 4. The number of sulfonamides is 1. The summed E-state index contributed by atoms with van der Waals surface area (Å²) in [6.07, 6.45) is 2.80. The van der Waals surface area contributed by atoms with Crippen molar-refractivity contribution in [3.8, 4) is 0 Å². The van der Waals surface area contributed by atoms with Crippen LogP contribution < -0.4 is 0 Å². The van der Waals surface area contributed by atoms with E-state index in [4.69, 9.17) is 0 Å². The first kappa shape index (κ1) is 18.8. The Bertz CT molecular complexity index is 782. The van der Waals surface area contributed by atoms with Crippen molar-refractivity contribution in [2.75, 3.05) is 19.6 Å². The van der Waals surface area contributed by atoms with Crippen molar-refractivity contribution in [3.05, 3.63) is 29.8 Å². The average Bonchev–Trinajstić information content (AvgIpc) is 3.11. The van der Waals surface area contributed by atoms with E-state index in [1.807, 2.05) is 0 Å². The maximum atomic E-state index is 12.7. The van der Waals surface area contributed by atoms with E-state index in [0.717, 1.165) is 12.8 Å². The lowest BCUT2D eigenvalue weighted by atomic mass is 10.0. The first-order valence-electron chi connectivity index (χ1n) is 8.94. The maximum absolute atomic E-state index is 12.7. The van der Waals surface area contributed by atoms with Gasteiger partial charge in [0.05, 0.1) is 4.90 Å². The van der Waals surface area contributed by atoms with Gasteiger partial charge in [-0.1, -0.05) is 6.92 Å². The molecule has 0 radical (unpaired) electrons. The predicted molar refractivity (Wildman–Crippen MR) is 95.3 cm³/mol. The summed E-state index contributed by atoms with van der Waals surface area (Å²) >= 11 is 0. The molecule has 0 unspecified atom stereocenters. The molecule has 0 aliphatic carbocycles. The van der Waals surface area contributed by atoms with Crippen molar-refractivity contribution >= 4 is 21.9 Å². The normalized spacial score (nSPS) is 22.5. The third kappa shape index (κ3) is 3.61. The number of piperidine rings is 1. The second-order valence-corrected chi connectivity index (χ2v) is 9.04. The molecule has 0 spiro atoms. The number of amides is 1. The van der Waals surface area contributed by atoms with Crippen LogP contribution in [-0.2, 0) is 14.8 Å². The predicted octanol–water partition coefficient (Wildman–Crippen LogP) is 1.80. The number of aliphatic carboxylic acids is 1. The van der Waals surface area contributed by atoms with Gasteiger partial charge in [-0.3, -0.25) is 4.79 Å². The zero-order valence-corrected chi connectivity index (χ0v) is 15.6. The SMILES string of the molecule is CC1CCN(S(=O)(=O)c2ccc(C(=O)N3CCC[C@@H]3C(=O)O)cc2)CC1. The Morgan fingerprint density at radius 2 is 1.65 bits per heavy atom. The van der Waals surface area contributed by atoms with Crippen LogP contribution in [0.5, 0.6) is 0 Å². The number of likely N-dealkylation sites (tertiary alicyclic amines) is 1. The van der Waals surface area contributed by atoms with Gasteiger partial charge in [0.1, 0.15) is 6.04 Å². The van der Waals surface area contributed by atoms with E-state index in [1.54, 1.807) is 0 Å². The third-order valence-electron chi connectivity index (χ3n) is 5.28. The summed E-state index contributed by atoms with van der Waals surface area (Å²) in [7, 11) is -3.56. The van der Waals surface area contributed by atoms with Crippen LogP contribution >= 0.6 is 0 Å². The van der Waals surface area contributed by atoms with Crippen LogP contribution in [0.25, 0.3) is 0 Å². The van der Waals surface area contributed by atoms with Crippen molar-refractivity contribution in [1.82, 2.24) is 9.21 Å². The number of hydrogen-bond acceptors (Lipinski definition) is 4. The highest BCUT2D eigenvalue weighted by Gasteiger charge is 2.34. The highest BCUT2D eigenvalue weighted by Crippen LogP contribution is 2.25. The number of carboxylic acids is 1. The van der Waals surface area contributed by atoms with Crippen LogP contribution in [0.3, 0.4) is 0 Å². The number of carbonyl (C=O) groups excluding carboxylic acids is 1. The molecule has 26 heavy (non-hydrogen) atoms. The summed E-state index contributed by atoms with van der Waals surface area (Å²) in [6.45, 7) is 3.55. The summed E-state index contributed by atoms with van der Waals surface area (Å²) in [5, 5.41) is 9.21. The average molecular weight is 380 g/mol. The smallest absolute Gasteiger partial charge is 0.326 e. The van der Waals surface area contributed by atoms with Gasteiger partial charge in [0.2, 0.25) is 10.0 Å². The van der Waals surface area contributed by atoms with Crippen molar-refractivity contribution in [3.63, 3.8) is 0 Å². The van der Waals surface area contributed by atoms with Gasteiger partial charge >= 0.3 is 5.97 Å². The molecule has 3 rings (SSSR count). The summed E-state index contributed by atoms with van der Waals surface area (Å²) in [4.78, 5) is 25.3. The monoisotopic (exact) mass is 380 g/mol. The Hall–Kier alpha value is -1.93. The number of carboxylic acid groups (broad SMARTS) is 1. The van der Waals surface area contributed by atoms with E-state index in [9.17, 15) is 23.1 Å². The summed E-state index contributed by atoms with van der Waals surface area (Å²) < 4.78 is 26.9. The van der Waals surface area contributed by atoms with E-state index in [1.165, 1.54) is 33.5 Å². The fraction of sp³-hybridized carbons (Fsp3) is 0.556. The molecule has 1 aromatic carbocycles. The van der Waals surface area contributed by atoms with E-state index in [0.29, 0.717) is 44.0 Å². The van der Waals surface area contributed by atoms with Crippen LogP contribution in [0.2, 0.25) is 0 Å². The number of benzene rings is 1. The van der Waals surface area contributed by atoms with Crippen molar-refractivity contribution in [2.45, 2.75) is 43.5 Å².